The number of nitrogens with one attached hydrogen (secondary N) is 1. The Bertz CT molecular complexity index is 391. The second kappa shape index (κ2) is 4.49. The normalized spacial score (nSPS) is 10.5. The molecule has 0 atom stereocenters. The Balaban J connectivity index is 1.70. The van der Waals surface area contributed by atoms with Crippen LogP contribution in [0.2, 0.25) is 0 Å². The first-order chi connectivity index (χ1) is 7.36. The van der Waals surface area contributed by atoms with E-state index in [1.807, 2.05) is 6.20 Å². The molecule has 8 heteroatoms. The molecule has 0 aliphatic rings. The molecule has 2 heterocycles. The maximum Gasteiger partial charge on any atom is 0.242 e. The Morgan fingerprint density at radius 2 is 2.33 bits per heavy atom. The number of hydrogen-bond donors (Lipinski definition) is 1. The quantitative estimate of drug-likeness (QED) is 0.654. The van der Waals surface area contributed by atoms with Gasteiger partial charge >= 0.3 is 0 Å². The van der Waals surface area contributed by atoms with Crippen molar-refractivity contribution in [2.45, 2.75) is 13.0 Å². The van der Waals surface area contributed by atoms with Crippen LogP contribution in [0.4, 0.5) is 5.95 Å². The number of nitrogens with zero attached hydrogens (tertiary/aromatic N) is 7. The second-order valence-corrected chi connectivity index (χ2v) is 3.07. The molecule has 15 heavy (non-hydrogen) atoms. The highest BCUT2D eigenvalue weighted by Crippen LogP contribution is 1.96. The van der Waals surface area contributed by atoms with Gasteiger partial charge in [0.25, 0.3) is 0 Å². The van der Waals surface area contributed by atoms with Gasteiger partial charge in [-0.3, -0.25) is 4.68 Å². The smallest absolute Gasteiger partial charge is 0.242 e. The van der Waals surface area contributed by atoms with Crippen LogP contribution >= 0.6 is 0 Å². The third kappa shape index (κ3) is 2.48. The summed E-state index contributed by atoms with van der Waals surface area (Å²) in [7, 11) is 1.79. The number of tetrazole rings is 1. The zero-order valence-corrected chi connectivity index (χ0v) is 8.41. The zero-order chi connectivity index (χ0) is 10.5. The predicted octanol–water partition coefficient (Wildman–Crippen LogP) is -0.696. The minimum Gasteiger partial charge on any atom is -0.353 e. The fourth-order valence-electron chi connectivity index (χ4n) is 1.17. The lowest BCUT2D eigenvalue weighted by molar-refractivity contribution is 0.568. The Kier molecular flexibility index (Phi) is 2.86. The van der Waals surface area contributed by atoms with E-state index in [2.05, 4.69) is 31.2 Å². The van der Waals surface area contributed by atoms with E-state index >= 15 is 0 Å². The van der Waals surface area contributed by atoms with Crippen LogP contribution in [0.1, 0.15) is 6.42 Å². The Morgan fingerprint density at radius 3 is 3.00 bits per heavy atom. The molecule has 2 aromatic heterocycles. The van der Waals surface area contributed by atoms with E-state index in [1.165, 1.54) is 0 Å². The van der Waals surface area contributed by atoms with E-state index in [4.69, 9.17) is 0 Å². The van der Waals surface area contributed by atoms with Crippen molar-refractivity contribution < 1.29 is 0 Å². The fourth-order valence-corrected chi connectivity index (χ4v) is 1.17. The lowest BCUT2D eigenvalue weighted by Gasteiger charge is -2.03. The molecule has 0 amide bonds. The minimum atomic E-state index is 0.675. The summed E-state index contributed by atoms with van der Waals surface area (Å²) >= 11 is 0. The number of rotatable bonds is 5. The second-order valence-electron chi connectivity index (χ2n) is 3.07. The van der Waals surface area contributed by atoms with Gasteiger partial charge in [0.05, 0.1) is 6.20 Å². The maximum atomic E-state index is 3.86. The topological polar surface area (TPSA) is 86.3 Å². The summed E-state index contributed by atoms with van der Waals surface area (Å²) in [6.07, 6.45) is 4.44. The van der Waals surface area contributed by atoms with Crippen molar-refractivity contribution in [3.63, 3.8) is 0 Å². The summed E-state index contributed by atoms with van der Waals surface area (Å²) in [5, 5.41) is 21.7. The monoisotopic (exact) mass is 208 g/mol. The van der Waals surface area contributed by atoms with Crippen molar-refractivity contribution in [1.82, 2.24) is 35.2 Å². The average Bonchev–Trinajstić information content (AvgIpc) is 2.85. The molecule has 0 unspecified atom stereocenters. The molecule has 80 valence electrons. The van der Waals surface area contributed by atoms with E-state index < -0.39 is 0 Å². The highest BCUT2D eigenvalue weighted by molar-refractivity contribution is 5.20. The predicted molar refractivity (Wildman–Crippen MR) is 51.9 cm³/mol. The van der Waals surface area contributed by atoms with Gasteiger partial charge in [-0.15, -0.1) is 5.10 Å². The van der Waals surface area contributed by atoms with Gasteiger partial charge in [0.15, 0.2) is 0 Å². The van der Waals surface area contributed by atoms with Crippen LogP contribution in [0.5, 0.6) is 0 Å². The molecule has 2 aromatic rings. The highest BCUT2D eigenvalue weighted by atomic mass is 15.6. The van der Waals surface area contributed by atoms with Gasteiger partial charge in [0.1, 0.15) is 0 Å². The van der Waals surface area contributed by atoms with E-state index in [0.717, 1.165) is 19.5 Å². The molecular weight excluding hydrogens is 196 g/mol. The summed E-state index contributed by atoms with van der Waals surface area (Å²) in [6.45, 7) is 1.63. The molecule has 0 saturated carbocycles. The van der Waals surface area contributed by atoms with Crippen molar-refractivity contribution in [3.8, 4) is 0 Å². The molecule has 0 aliphatic heterocycles. The molecule has 0 radical (unpaired) electrons. The fraction of sp³-hybridized carbons (Fsp3) is 0.571. The molecule has 0 aliphatic carbocycles. The maximum absolute atomic E-state index is 3.86. The highest BCUT2D eigenvalue weighted by Gasteiger charge is 1.99. The summed E-state index contributed by atoms with van der Waals surface area (Å²) in [6, 6.07) is 0. The van der Waals surface area contributed by atoms with Gasteiger partial charge < -0.3 is 5.32 Å². The van der Waals surface area contributed by atoms with Crippen molar-refractivity contribution >= 4 is 5.95 Å². The first kappa shape index (κ1) is 9.56. The van der Waals surface area contributed by atoms with Crippen molar-refractivity contribution in [1.29, 1.82) is 0 Å². The van der Waals surface area contributed by atoms with Crippen molar-refractivity contribution in [2.24, 2.45) is 7.05 Å². The van der Waals surface area contributed by atoms with Crippen molar-refractivity contribution in [2.75, 3.05) is 11.9 Å². The van der Waals surface area contributed by atoms with Crippen LogP contribution in [0, 0.1) is 0 Å². The van der Waals surface area contributed by atoms with Crippen LogP contribution in [0.25, 0.3) is 0 Å². The Morgan fingerprint density at radius 1 is 1.40 bits per heavy atom. The molecule has 8 nitrogen and oxygen atoms in total. The van der Waals surface area contributed by atoms with Gasteiger partial charge in [0, 0.05) is 26.3 Å². The van der Waals surface area contributed by atoms with Gasteiger partial charge in [-0.2, -0.15) is 0 Å². The molecule has 0 bridgehead atoms. The molecule has 0 spiro atoms. The summed E-state index contributed by atoms with van der Waals surface area (Å²) in [5.74, 6) is 0.675. The van der Waals surface area contributed by atoms with Crippen LogP contribution < -0.4 is 5.32 Å². The Labute approximate surface area is 86.3 Å². The molecule has 2 rings (SSSR count). The van der Waals surface area contributed by atoms with E-state index in [0.29, 0.717) is 5.95 Å². The van der Waals surface area contributed by atoms with Gasteiger partial charge in [0.2, 0.25) is 5.95 Å². The number of anilines is 1. The van der Waals surface area contributed by atoms with Gasteiger partial charge in [-0.1, -0.05) is 10.3 Å². The molecule has 0 aromatic carbocycles. The number of aryl methyl sites for hydroxylation is 2. The summed E-state index contributed by atoms with van der Waals surface area (Å²) in [5.41, 5.74) is 0. The summed E-state index contributed by atoms with van der Waals surface area (Å²) in [4.78, 5) is 0. The van der Waals surface area contributed by atoms with Crippen LogP contribution in [0.3, 0.4) is 0 Å². The standard InChI is InChI=1S/C7H12N8/c1-14-7(10-11-13-14)8-3-2-5-15-6-4-9-12-15/h4,6H,2-3,5H2,1H3,(H,8,10,13). The van der Waals surface area contributed by atoms with E-state index in [1.54, 1.807) is 22.6 Å². The first-order valence-corrected chi connectivity index (χ1v) is 4.66. The molecule has 0 saturated heterocycles. The average molecular weight is 208 g/mol. The zero-order valence-electron chi connectivity index (χ0n) is 8.41. The van der Waals surface area contributed by atoms with Crippen LogP contribution in [-0.4, -0.2) is 41.7 Å². The van der Waals surface area contributed by atoms with E-state index in [-0.39, 0.29) is 0 Å². The lowest BCUT2D eigenvalue weighted by atomic mass is 10.4. The van der Waals surface area contributed by atoms with Crippen molar-refractivity contribution in [3.05, 3.63) is 12.4 Å². The third-order valence-corrected chi connectivity index (χ3v) is 1.94. The van der Waals surface area contributed by atoms with Gasteiger partial charge in [-0.05, 0) is 16.8 Å². The molecule has 1 N–H and O–H groups in total. The number of aromatic nitrogens is 7. The van der Waals surface area contributed by atoms with Gasteiger partial charge in [-0.25, -0.2) is 4.68 Å². The SMILES string of the molecule is Cn1nnnc1NCCCn1ccnn1. The lowest BCUT2D eigenvalue weighted by Crippen LogP contribution is -2.10. The van der Waals surface area contributed by atoms with Crippen LogP contribution in [-0.2, 0) is 13.6 Å². The summed E-state index contributed by atoms with van der Waals surface area (Å²) < 4.78 is 3.38. The minimum absolute atomic E-state index is 0.675. The third-order valence-electron chi connectivity index (χ3n) is 1.94. The van der Waals surface area contributed by atoms with E-state index in [9.17, 15) is 0 Å². The van der Waals surface area contributed by atoms with Crippen LogP contribution in [0.15, 0.2) is 12.4 Å². The number of hydrogen-bond acceptors (Lipinski definition) is 6. The first-order valence-electron chi connectivity index (χ1n) is 4.66. The molecule has 0 fully saturated rings. The largest absolute Gasteiger partial charge is 0.353 e. The Hall–Kier alpha value is -1.99. The molecular formula is C7H12N8.